The van der Waals surface area contributed by atoms with E-state index in [0.717, 1.165) is 29.9 Å². The second-order valence-electron chi connectivity index (χ2n) is 6.05. The molecule has 24 heavy (non-hydrogen) atoms. The summed E-state index contributed by atoms with van der Waals surface area (Å²) in [4.78, 5) is 23.7. The molecule has 0 fully saturated rings. The molecule has 1 heterocycles. The van der Waals surface area contributed by atoms with Gasteiger partial charge in [-0.1, -0.05) is 12.1 Å². The number of rotatable bonds is 4. The molecule has 1 aliphatic heterocycles. The summed E-state index contributed by atoms with van der Waals surface area (Å²) < 4.78 is 0. The molecule has 5 nitrogen and oxygen atoms in total. The lowest BCUT2D eigenvalue weighted by Gasteiger charge is -2.16. The minimum atomic E-state index is -0.155. The Bertz CT molecular complexity index is 786. The van der Waals surface area contributed by atoms with Gasteiger partial charge >= 0.3 is 0 Å². The highest BCUT2D eigenvalue weighted by atomic mass is 16.2. The minimum Gasteiger partial charge on any atom is -0.384 e. The Morgan fingerprint density at radius 3 is 2.79 bits per heavy atom. The van der Waals surface area contributed by atoms with Crippen molar-refractivity contribution in [1.29, 1.82) is 0 Å². The first-order valence-corrected chi connectivity index (χ1v) is 8.08. The summed E-state index contributed by atoms with van der Waals surface area (Å²) in [5, 5.41) is 9.06. The third-order valence-corrected chi connectivity index (χ3v) is 4.13. The predicted octanol–water partition coefficient (Wildman–Crippen LogP) is 3.10. The minimum absolute atomic E-state index is 0.0952. The first-order valence-electron chi connectivity index (χ1n) is 8.08. The number of anilines is 2. The smallest absolute Gasteiger partial charge is 0.251 e. The maximum absolute atomic E-state index is 12.5. The van der Waals surface area contributed by atoms with Gasteiger partial charge in [0.2, 0.25) is 5.91 Å². The van der Waals surface area contributed by atoms with Crippen molar-refractivity contribution in [2.45, 2.75) is 26.3 Å². The topological polar surface area (TPSA) is 70.2 Å². The van der Waals surface area contributed by atoms with Crippen LogP contribution in [0.1, 0.15) is 41.4 Å². The third kappa shape index (κ3) is 3.56. The van der Waals surface area contributed by atoms with Crippen LogP contribution in [-0.2, 0) is 11.2 Å². The Morgan fingerprint density at radius 1 is 1.17 bits per heavy atom. The van der Waals surface area contributed by atoms with Crippen LogP contribution in [-0.4, -0.2) is 18.4 Å². The van der Waals surface area contributed by atoms with Gasteiger partial charge in [-0.15, -0.1) is 0 Å². The maximum atomic E-state index is 12.5. The second-order valence-corrected chi connectivity index (χ2v) is 6.05. The standard InChI is InChI=1S/C19H21N3O2/c1-12(14-4-3-5-17(11-14)22-13(2)23)21-19(24)16-6-7-18-15(10-16)8-9-20-18/h3-7,10-12,20H,8-9H2,1-2H3,(H,21,24)(H,22,23). The summed E-state index contributed by atoms with van der Waals surface area (Å²) in [7, 11) is 0. The van der Waals surface area contributed by atoms with E-state index in [9.17, 15) is 9.59 Å². The van der Waals surface area contributed by atoms with Crippen molar-refractivity contribution in [1.82, 2.24) is 5.32 Å². The van der Waals surface area contributed by atoms with Gasteiger partial charge in [0.15, 0.2) is 0 Å². The first kappa shape index (κ1) is 16.1. The van der Waals surface area contributed by atoms with Gasteiger partial charge in [0.25, 0.3) is 5.91 Å². The van der Waals surface area contributed by atoms with E-state index < -0.39 is 0 Å². The fourth-order valence-corrected chi connectivity index (χ4v) is 2.90. The van der Waals surface area contributed by atoms with Crippen LogP contribution in [0, 0.1) is 0 Å². The van der Waals surface area contributed by atoms with Crippen LogP contribution in [0.3, 0.4) is 0 Å². The summed E-state index contributed by atoms with van der Waals surface area (Å²) in [5.41, 5.74) is 4.63. The molecule has 124 valence electrons. The van der Waals surface area contributed by atoms with Crippen molar-refractivity contribution in [3.8, 4) is 0 Å². The Labute approximate surface area is 141 Å². The molecule has 0 aliphatic carbocycles. The molecule has 0 bridgehead atoms. The van der Waals surface area contributed by atoms with Gasteiger partial charge in [0.1, 0.15) is 0 Å². The lowest BCUT2D eigenvalue weighted by atomic mass is 10.1. The van der Waals surface area contributed by atoms with Crippen LogP contribution in [0.15, 0.2) is 42.5 Å². The highest BCUT2D eigenvalue weighted by Crippen LogP contribution is 2.24. The van der Waals surface area contributed by atoms with E-state index in [1.807, 2.05) is 49.4 Å². The average molecular weight is 323 g/mol. The number of amides is 2. The molecule has 3 rings (SSSR count). The van der Waals surface area contributed by atoms with Gasteiger partial charge in [-0.3, -0.25) is 9.59 Å². The van der Waals surface area contributed by atoms with Crippen LogP contribution in [0.2, 0.25) is 0 Å². The Balaban J connectivity index is 1.71. The molecule has 2 aromatic carbocycles. The van der Waals surface area contributed by atoms with Crippen molar-refractivity contribution in [2.75, 3.05) is 17.2 Å². The first-order chi connectivity index (χ1) is 11.5. The molecule has 5 heteroatoms. The molecule has 0 aromatic heterocycles. The van der Waals surface area contributed by atoms with E-state index in [1.54, 1.807) is 0 Å². The molecule has 0 saturated carbocycles. The van der Waals surface area contributed by atoms with Crippen molar-refractivity contribution in [2.24, 2.45) is 0 Å². The van der Waals surface area contributed by atoms with E-state index in [4.69, 9.17) is 0 Å². The zero-order valence-electron chi connectivity index (χ0n) is 13.8. The number of fused-ring (bicyclic) bond motifs is 1. The number of carbonyl (C=O) groups is 2. The molecule has 0 saturated heterocycles. The average Bonchev–Trinajstić information content (AvgIpc) is 3.02. The maximum Gasteiger partial charge on any atom is 0.251 e. The Kier molecular flexibility index (Phi) is 4.51. The molecular weight excluding hydrogens is 302 g/mol. The van der Waals surface area contributed by atoms with Crippen molar-refractivity contribution in [3.05, 3.63) is 59.2 Å². The Morgan fingerprint density at radius 2 is 2.00 bits per heavy atom. The van der Waals surface area contributed by atoms with Gasteiger partial charge in [0, 0.05) is 30.4 Å². The molecule has 3 N–H and O–H groups in total. The summed E-state index contributed by atoms with van der Waals surface area (Å²) in [6.07, 6.45) is 0.949. The van der Waals surface area contributed by atoms with Crippen molar-refractivity contribution >= 4 is 23.2 Å². The fraction of sp³-hybridized carbons (Fsp3) is 0.263. The molecular formula is C19H21N3O2. The van der Waals surface area contributed by atoms with Crippen LogP contribution in [0.25, 0.3) is 0 Å². The van der Waals surface area contributed by atoms with Gasteiger partial charge < -0.3 is 16.0 Å². The van der Waals surface area contributed by atoms with Crippen LogP contribution in [0.5, 0.6) is 0 Å². The largest absolute Gasteiger partial charge is 0.384 e. The van der Waals surface area contributed by atoms with Gasteiger partial charge in [0.05, 0.1) is 6.04 Å². The van der Waals surface area contributed by atoms with Crippen molar-refractivity contribution < 1.29 is 9.59 Å². The van der Waals surface area contributed by atoms with E-state index in [0.29, 0.717) is 5.56 Å². The van der Waals surface area contributed by atoms with Crippen LogP contribution < -0.4 is 16.0 Å². The second kappa shape index (κ2) is 6.74. The van der Waals surface area contributed by atoms with Gasteiger partial charge in [-0.25, -0.2) is 0 Å². The van der Waals surface area contributed by atoms with E-state index >= 15 is 0 Å². The van der Waals surface area contributed by atoms with E-state index in [-0.39, 0.29) is 17.9 Å². The summed E-state index contributed by atoms with van der Waals surface area (Å²) >= 11 is 0. The number of benzene rings is 2. The number of hydrogen-bond acceptors (Lipinski definition) is 3. The third-order valence-electron chi connectivity index (χ3n) is 4.13. The number of nitrogens with one attached hydrogen (secondary N) is 3. The summed E-state index contributed by atoms with van der Waals surface area (Å²) in [6.45, 7) is 4.33. The molecule has 2 aromatic rings. The molecule has 1 unspecified atom stereocenters. The number of hydrogen-bond donors (Lipinski definition) is 3. The molecule has 1 aliphatic rings. The van der Waals surface area contributed by atoms with Crippen LogP contribution >= 0.6 is 0 Å². The zero-order valence-corrected chi connectivity index (χ0v) is 13.8. The van der Waals surface area contributed by atoms with Crippen molar-refractivity contribution in [3.63, 3.8) is 0 Å². The van der Waals surface area contributed by atoms with Gasteiger partial charge in [-0.05, 0) is 54.8 Å². The SMILES string of the molecule is CC(=O)Nc1cccc(C(C)NC(=O)c2ccc3c(c2)CCN3)c1. The Hall–Kier alpha value is -2.82. The quantitative estimate of drug-likeness (QED) is 0.810. The lowest BCUT2D eigenvalue weighted by molar-refractivity contribution is -0.114. The molecule has 0 spiro atoms. The molecule has 1 atom stereocenters. The van der Waals surface area contributed by atoms with Gasteiger partial charge in [-0.2, -0.15) is 0 Å². The monoisotopic (exact) mass is 323 g/mol. The van der Waals surface area contributed by atoms with E-state index in [1.165, 1.54) is 12.5 Å². The predicted molar refractivity (Wildman–Crippen MR) is 95.3 cm³/mol. The summed E-state index contributed by atoms with van der Waals surface area (Å²) in [6, 6.07) is 13.1. The fourth-order valence-electron chi connectivity index (χ4n) is 2.90. The highest BCUT2D eigenvalue weighted by molar-refractivity contribution is 5.95. The highest BCUT2D eigenvalue weighted by Gasteiger charge is 2.15. The van der Waals surface area contributed by atoms with E-state index in [2.05, 4.69) is 16.0 Å². The lowest BCUT2D eigenvalue weighted by Crippen LogP contribution is -2.26. The number of carbonyl (C=O) groups excluding carboxylic acids is 2. The van der Waals surface area contributed by atoms with Crippen LogP contribution in [0.4, 0.5) is 11.4 Å². The summed E-state index contributed by atoms with van der Waals surface area (Å²) in [5.74, 6) is -0.210. The normalized spacial score (nSPS) is 13.6. The molecule has 2 amide bonds. The zero-order chi connectivity index (χ0) is 17.1. The molecule has 0 radical (unpaired) electrons.